The van der Waals surface area contributed by atoms with E-state index in [1.807, 2.05) is 49.6 Å². The molecule has 3 heterocycles. The number of amides is 1. The van der Waals surface area contributed by atoms with Crippen LogP contribution in [0.25, 0.3) is 22.0 Å². The van der Waals surface area contributed by atoms with Gasteiger partial charge < -0.3 is 19.6 Å². The van der Waals surface area contributed by atoms with Crippen LogP contribution in [0.2, 0.25) is 0 Å². The summed E-state index contributed by atoms with van der Waals surface area (Å²) >= 11 is 0. The van der Waals surface area contributed by atoms with E-state index in [0.29, 0.717) is 28.5 Å². The van der Waals surface area contributed by atoms with E-state index in [2.05, 4.69) is 16.9 Å². The third kappa shape index (κ3) is 5.28. The van der Waals surface area contributed by atoms with Gasteiger partial charge in [0.15, 0.2) is 5.82 Å². The average Bonchev–Trinajstić information content (AvgIpc) is 3.63. The second-order valence-electron chi connectivity index (χ2n) is 9.40. The molecule has 0 bridgehead atoms. The van der Waals surface area contributed by atoms with Crippen molar-refractivity contribution in [3.05, 3.63) is 103 Å². The molecule has 0 saturated carbocycles. The van der Waals surface area contributed by atoms with Crippen LogP contribution in [0.1, 0.15) is 26.7 Å². The largest absolute Gasteiger partial charge is 0.445 e. The van der Waals surface area contributed by atoms with Crippen molar-refractivity contribution in [2.75, 3.05) is 17.7 Å². The van der Waals surface area contributed by atoms with Crippen LogP contribution in [0.15, 0.2) is 85.8 Å². The Morgan fingerprint density at radius 1 is 1.00 bits per heavy atom. The van der Waals surface area contributed by atoms with Gasteiger partial charge in [-0.05, 0) is 41.5 Å². The molecular weight excluding hydrogens is 508 g/mol. The van der Waals surface area contributed by atoms with Gasteiger partial charge in [0.25, 0.3) is 5.91 Å². The molecule has 0 aliphatic rings. The highest BCUT2D eigenvalue weighted by molar-refractivity contribution is 6.03. The quantitative estimate of drug-likeness (QED) is 0.217. The lowest BCUT2D eigenvalue weighted by atomic mass is 10.0. The Morgan fingerprint density at radius 2 is 1.77 bits per heavy atom. The number of rotatable bonds is 8. The van der Waals surface area contributed by atoms with Crippen LogP contribution in [-0.4, -0.2) is 43.1 Å². The lowest BCUT2D eigenvalue weighted by Gasteiger charge is -2.07. The van der Waals surface area contributed by atoms with Crippen molar-refractivity contribution in [2.45, 2.75) is 6.42 Å². The Bertz CT molecular complexity index is 1760. The van der Waals surface area contributed by atoms with E-state index in [1.165, 1.54) is 6.08 Å². The minimum absolute atomic E-state index is 0.114. The van der Waals surface area contributed by atoms with Gasteiger partial charge in [-0.3, -0.25) is 19.5 Å². The van der Waals surface area contributed by atoms with Gasteiger partial charge in [-0.2, -0.15) is 0 Å². The molecule has 0 atom stereocenters. The maximum Gasteiger partial charge on any atom is 0.411 e. The molecule has 0 fully saturated rings. The molecule has 40 heavy (non-hydrogen) atoms. The number of Topliss-reactive ketones (excluding diaryl/α,β-unsaturated/α-hetero) is 1. The summed E-state index contributed by atoms with van der Waals surface area (Å²) < 4.78 is 9.95. The summed E-state index contributed by atoms with van der Waals surface area (Å²) in [5.41, 5.74) is 10.1. The molecule has 0 spiro atoms. The van der Waals surface area contributed by atoms with Gasteiger partial charge in [-0.25, -0.2) is 9.78 Å². The van der Waals surface area contributed by atoms with Crippen LogP contribution in [-0.2, 0) is 25.3 Å². The standard InChI is InChI=1S/C30H28N6O4/c1-4-13-40-30(39)32-23-9-10-24-21(15-23)11-12-36(24)29(38)25-16-22(17-34(25)2)20-7-5-19(6-8-20)14-26(37)28-33-27(31)18-35(28)3/h4-12,15-18H,1,13-14,31H2,2-3H3,(H,32,39). The molecule has 10 nitrogen and oxygen atoms in total. The van der Waals surface area contributed by atoms with E-state index >= 15 is 0 Å². The molecule has 2 aromatic carbocycles. The predicted octanol–water partition coefficient (Wildman–Crippen LogP) is 4.81. The van der Waals surface area contributed by atoms with E-state index in [4.69, 9.17) is 10.5 Å². The number of fused-ring (bicyclic) bond motifs is 1. The predicted molar refractivity (Wildman–Crippen MR) is 153 cm³/mol. The van der Waals surface area contributed by atoms with E-state index in [9.17, 15) is 14.4 Å². The number of anilines is 2. The van der Waals surface area contributed by atoms with E-state index < -0.39 is 6.09 Å². The number of ether oxygens (including phenoxy) is 1. The van der Waals surface area contributed by atoms with Crippen LogP contribution < -0.4 is 11.1 Å². The third-order valence-electron chi connectivity index (χ3n) is 6.51. The lowest BCUT2D eigenvalue weighted by molar-refractivity contribution is 0.0954. The SMILES string of the molecule is C=CCOC(=O)Nc1ccc2c(ccn2C(=O)c2cc(-c3ccc(CC(=O)c4nc(N)cn4C)cc3)cn2C)c1. The summed E-state index contributed by atoms with van der Waals surface area (Å²) in [5.74, 6) is 0.330. The van der Waals surface area contributed by atoms with E-state index in [-0.39, 0.29) is 24.7 Å². The van der Waals surface area contributed by atoms with E-state index in [1.54, 1.807) is 51.3 Å². The number of imidazole rings is 1. The highest BCUT2D eigenvalue weighted by Crippen LogP contribution is 2.26. The number of hydrogen-bond acceptors (Lipinski definition) is 6. The minimum Gasteiger partial charge on any atom is -0.445 e. The number of ketones is 1. The smallest absolute Gasteiger partial charge is 0.411 e. The van der Waals surface area contributed by atoms with Crippen LogP contribution in [0.3, 0.4) is 0 Å². The maximum atomic E-state index is 13.5. The third-order valence-corrected chi connectivity index (χ3v) is 6.51. The second kappa shape index (κ2) is 10.8. The Morgan fingerprint density at radius 3 is 2.48 bits per heavy atom. The van der Waals surface area contributed by atoms with Crippen molar-refractivity contribution in [1.82, 2.24) is 18.7 Å². The summed E-state index contributed by atoms with van der Waals surface area (Å²) in [5, 5.41) is 3.45. The van der Waals surface area contributed by atoms with Crippen LogP contribution >= 0.6 is 0 Å². The molecule has 0 saturated heterocycles. The molecule has 0 aliphatic heterocycles. The number of carbonyl (C=O) groups is 3. The molecule has 3 aromatic heterocycles. The fraction of sp³-hybridized carbons (Fsp3) is 0.133. The monoisotopic (exact) mass is 536 g/mol. The Balaban J connectivity index is 1.32. The molecule has 5 rings (SSSR count). The first kappa shape index (κ1) is 26.2. The molecule has 10 heteroatoms. The van der Waals surface area contributed by atoms with Gasteiger partial charge in [0.1, 0.15) is 18.1 Å². The van der Waals surface area contributed by atoms with Crippen molar-refractivity contribution < 1.29 is 19.1 Å². The zero-order valence-electron chi connectivity index (χ0n) is 22.1. The number of benzene rings is 2. The number of hydrogen-bond donors (Lipinski definition) is 2. The first-order valence-electron chi connectivity index (χ1n) is 12.5. The van der Waals surface area contributed by atoms with Crippen molar-refractivity contribution in [1.29, 1.82) is 0 Å². The molecular formula is C30H28N6O4. The Labute approximate surface area is 230 Å². The lowest BCUT2D eigenvalue weighted by Crippen LogP contribution is -2.14. The first-order chi connectivity index (χ1) is 19.2. The number of nitrogen functional groups attached to an aromatic ring is 1. The Hall–Kier alpha value is -5.38. The fourth-order valence-electron chi connectivity index (χ4n) is 4.57. The number of carbonyl (C=O) groups excluding carboxylic acids is 3. The van der Waals surface area contributed by atoms with Crippen molar-refractivity contribution in [3.8, 4) is 11.1 Å². The van der Waals surface area contributed by atoms with Gasteiger partial charge in [0.05, 0.1) is 5.52 Å². The fourth-order valence-corrected chi connectivity index (χ4v) is 4.57. The molecule has 0 aliphatic carbocycles. The molecule has 0 radical (unpaired) electrons. The number of nitrogens with zero attached hydrogens (tertiary/aromatic N) is 4. The molecule has 202 valence electrons. The molecule has 5 aromatic rings. The highest BCUT2D eigenvalue weighted by atomic mass is 16.5. The van der Waals surface area contributed by atoms with Crippen LogP contribution in [0.5, 0.6) is 0 Å². The van der Waals surface area contributed by atoms with Crippen molar-refractivity contribution in [3.63, 3.8) is 0 Å². The number of aryl methyl sites for hydroxylation is 2. The summed E-state index contributed by atoms with van der Waals surface area (Å²) in [6, 6.07) is 16.6. The summed E-state index contributed by atoms with van der Waals surface area (Å²) in [7, 11) is 3.56. The van der Waals surface area contributed by atoms with Gasteiger partial charge in [-0.1, -0.05) is 36.9 Å². The number of aromatic nitrogens is 4. The van der Waals surface area contributed by atoms with Gasteiger partial charge in [0.2, 0.25) is 5.78 Å². The van der Waals surface area contributed by atoms with Crippen molar-refractivity contribution >= 4 is 40.2 Å². The van der Waals surface area contributed by atoms with Crippen LogP contribution in [0.4, 0.5) is 16.3 Å². The minimum atomic E-state index is -0.580. The zero-order valence-corrected chi connectivity index (χ0v) is 22.1. The topological polar surface area (TPSA) is 126 Å². The maximum absolute atomic E-state index is 13.5. The Kier molecular flexibility index (Phi) is 7.07. The van der Waals surface area contributed by atoms with E-state index in [0.717, 1.165) is 22.1 Å². The normalized spacial score (nSPS) is 10.9. The number of nitrogens with two attached hydrogens (primary N) is 1. The summed E-state index contributed by atoms with van der Waals surface area (Å²) in [4.78, 5) is 42.1. The molecule has 1 amide bonds. The zero-order chi connectivity index (χ0) is 28.4. The number of nitrogens with one attached hydrogen (secondary N) is 1. The summed E-state index contributed by atoms with van der Waals surface area (Å²) in [6.45, 7) is 3.63. The van der Waals surface area contributed by atoms with Gasteiger partial charge >= 0.3 is 6.09 Å². The van der Waals surface area contributed by atoms with Gasteiger partial charge in [0, 0.05) is 55.7 Å². The highest BCUT2D eigenvalue weighted by Gasteiger charge is 2.18. The van der Waals surface area contributed by atoms with Gasteiger partial charge in [-0.15, -0.1) is 0 Å². The first-order valence-corrected chi connectivity index (χ1v) is 12.5. The average molecular weight is 537 g/mol. The van der Waals surface area contributed by atoms with Crippen molar-refractivity contribution in [2.24, 2.45) is 14.1 Å². The molecule has 3 N–H and O–H groups in total. The van der Waals surface area contributed by atoms with Crippen LogP contribution in [0, 0.1) is 0 Å². The molecule has 0 unspecified atom stereocenters. The summed E-state index contributed by atoms with van der Waals surface area (Å²) in [6.07, 6.45) is 6.33. The second-order valence-corrected chi connectivity index (χ2v) is 9.40.